The molecule has 2 aromatic rings. The lowest BCUT2D eigenvalue weighted by Crippen LogP contribution is -2.07. The van der Waals surface area contributed by atoms with Gasteiger partial charge in [-0.05, 0) is 42.4 Å². The van der Waals surface area contributed by atoms with Crippen LogP contribution in [0, 0.1) is 18.6 Å². The van der Waals surface area contributed by atoms with Crippen LogP contribution in [0.1, 0.15) is 47.1 Å². The number of aliphatic hydroxyl groups excluding tert-OH is 1. The van der Waals surface area contributed by atoms with Gasteiger partial charge in [0.05, 0.1) is 0 Å². The number of hydrogen-bond donors (Lipinski definition) is 1. The van der Waals surface area contributed by atoms with E-state index in [0.717, 1.165) is 18.4 Å². The number of rotatable bonds is 3. The fraction of sp³-hybridized carbons (Fsp3) is 0.294. The first kappa shape index (κ1) is 13.3. The number of hydrogen-bond acceptors (Lipinski definition) is 1. The van der Waals surface area contributed by atoms with Crippen LogP contribution in [0.2, 0.25) is 0 Å². The first-order chi connectivity index (χ1) is 9.59. The van der Waals surface area contributed by atoms with E-state index in [1.54, 1.807) is 6.07 Å². The van der Waals surface area contributed by atoms with Gasteiger partial charge in [0.25, 0.3) is 0 Å². The minimum Gasteiger partial charge on any atom is -0.384 e. The van der Waals surface area contributed by atoms with Gasteiger partial charge in [-0.25, -0.2) is 8.78 Å². The Hall–Kier alpha value is -1.74. The Balaban J connectivity index is 2.05. The Bertz CT molecular complexity index is 647. The smallest absolute Gasteiger partial charge is 0.165 e. The molecule has 1 N–H and O–H groups in total. The van der Waals surface area contributed by atoms with E-state index in [1.807, 2.05) is 18.2 Å². The molecule has 3 rings (SSSR count). The van der Waals surface area contributed by atoms with Crippen LogP contribution >= 0.6 is 0 Å². The van der Waals surface area contributed by atoms with Gasteiger partial charge in [0, 0.05) is 5.56 Å². The molecule has 1 nitrogen and oxygen atoms in total. The Morgan fingerprint density at radius 3 is 2.40 bits per heavy atom. The molecule has 3 heteroatoms. The fourth-order valence-electron chi connectivity index (χ4n) is 2.57. The van der Waals surface area contributed by atoms with Crippen LogP contribution in [-0.4, -0.2) is 5.11 Å². The van der Waals surface area contributed by atoms with Gasteiger partial charge in [0.1, 0.15) is 6.10 Å². The monoisotopic (exact) mass is 274 g/mol. The summed E-state index contributed by atoms with van der Waals surface area (Å²) in [5.41, 5.74) is 1.97. The molecule has 0 aliphatic heterocycles. The molecule has 0 radical (unpaired) electrons. The van der Waals surface area contributed by atoms with Gasteiger partial charge in [0.2, 0.25) is 0 Å². The van der Waals surface area contributed by atoms with Gasteiger partial charge >= 0.3 is 0 Å². The maximum Gasteiger partial charge on any atom is 0.165 e. The third kappa shape index (κ3) is 2.22. The van der Waals surface area contributed by atoms with Crippen molar-refractivity contribution in [3.8, 4) is 0 Å². The van der Waals surface area contributed by atoms with E-state index < -0.39 is 17.7 Å². The lowest BCUT2D eigenvalue weighted by molar-refractivity contribution is 0.212. The standard InChI is InChI=1S/C17H16F2O/c1-10-6-9-14(16(19)15(10)18)17(20)13-5-3-2-4-12(13)11-7-8-11/h2-6,9,11,17,20H,7-8H2,1H3. The first-order valence-corrected chi connectivity index (χ1v) is 6.81. The summed E-state index contributed by atoms with van der Waals surface area (Å²) in [6, 6.07) is 10.4. The average molecular weight is 274 g/mol. The molecule has 1 aliphatic carbocycles. The molecule has 104 valence electrons. The van der Waals surface area contributed by atoms with Crippen LogP contribution < -0.4 is 0 Å². The van der Waals surface area contributed by atoms with Crippen molar-refractivity contribution in [2.24, 2.45) is 0 Å². The molecule has 1 unspecified atom stereocenters. The molecule has 1 aliphatic rings. The number of benzene rings is 2. The maximum atomic E-state index is 14.0. The van der Waals surface area contributed by atoms with Gasteiger partial charge in [-0.1, -0.05) is 36.4 Å². The topological polar surface area (TPSA) is 20.2 Å². The summed E-state index contributed by atoms with van der Waals surface area (Å²) < 4.78 is 27.7. The zero-order valence-electron chi connectivity index (χ0n) is 11.2. The minimum atomic E-state index is -1.12. The third-order valence-electron chi connectivity index (χ3n) is 3.91. The molecule has 0 bridgehead atoms. The zero-order valence-corrected chi connectivity index (χ0v) is 11.2. The predicted octanol–water partition coefficient (Wildman–Crippen LogP) is 4.23. The second-order valence-electron chi connectivity index (χ2n) is 5.41. The molecule has 1 saturated carbocycles. The van der Waals surface area contributed by atoms with Crippen molar-refractivity contribution in [3.63, 3.8) is 0 Å². The van der Waals surface area contributed by atoms with Crippen molar-refractivity contribution in [1.29, 1.82) is 0 Å². The highest BCUT2D eigenvalue weighted by Gasteiger charge is 2.29. The normalized spacial score (nSPS) is 16.2. The molecule has 20 heavy (non-hydrogen) atoms. The minimum absolute atomic E-state index is 0.00111. The van der Waals surface area contributed by atoms with Crippen molar-refractivity contribution in [2.45, 2.75) is 31.8 Å². The van der Waals surface area contributed by atoms with Crippen molar-refractivity contribution in [2.75, 3.05) is 0 Å². The summed E-state index contributed by atoms with van der Waals surface area (Å²) in [5, 5.41) is 10.4. The van der Waals surface area contributed by atoms with Crippen molar-refractivity contribution in [3.05, 3.63) is 70.3 Å². The zero-order chi connectivity index (χ0) is 14.3. The Morgan fingerprint density at radius 2 is 1.70 bits per heavy atom. The third-order valence-corrected chi connectivity index (χ3v) is 3.91. The molecule has 0 heterocycles. The lowest BCUT2D eigenvalue weighted by atomic mass is 9.93. The number of aryl methyl sites for hydroxylation is 1. The highest BCUT2D eigenvalue weighted by atomic mass is 19.2. The van der Waals surface area contributed by atoms with Crippen LogP contribution in [0.5, 0.6) is 0 Å². The van der Waals surface area contributed by atoms with E-state index >= 15 is 0 Å². The van der Waals surface area contributed by atoms with E-state index in [-0.39, 0.29) is 11.1 Å². The molecule has 1 fully saturated rings. The van der Waals surface area contributed by atoms with Crippen LogP contribution in [0.15, 0.2) is 36.4 Å². The summed E-state index contributed by atoms with van der Waals surface area (Å²) in [5.74, 6) is -1.40. The van der Waals surface area contributed by atoms with Crippen molar-refractivity contribution >= 4 is 0 Å². The Kier molecular flexibility index (Phi) is 3.30. The SMILES string of the molecule is Cc1ccc(C(O)c2ccccc2C2CC2)c(F)c1F. The average Bonchev–Trinajstić information content (AvgIpc) is 3.29. The van der Waals surface area contributed by atoms with Crippen LogP contribution in [0.3, 0.4) is 0 Å². The van der Waals surface area contributed by atoms with Gasteiger partial charge in [-0.3, -0.25) is 0 Å². The molecule has 2 aromatic carbocycles. The first-order valence-electron chi connectivity index (χ1n) is 6.81. The summed E-state index contributed by atoms with van der Waals surface area (Å²) in [6.07, 6.45) is 1.06. The molecule has 1 atom stereocenters. The van der Waals surface area contributed by atoms with Crippen molar-refractivity contribution in [1.82, 2.24) is 0 Å². The van der Waals surface area contributed by atoms with Crippen LogP contribution in [0.4, 0.5) is 8.78 Å². The van der Waals surface area contributed by atoms with Gasteiger partial charge in [0.15, 0.2) is 11.6 Å². The van der Waals surface area contributed by atoms with Crippen LogP contribution in [0.25, 0.3) is 0 Å². The fourth-order valence-corrected chi connectivity index (χ4v) is 2.57. The maximum absolute atomic E-state index is 14.0. The van der Waals surface area contributed by atoms with Crippen molar-refractivity contribution < 1.29 is 13.9 Å². The van der Waals surface area contributed by atoms with Crippen LogP contribution in [-0.2, 0) is 0 Å². The van der Waals surface area contributed by atoms with E-state index in [0.29, 0.717) is 11.5 Å². The quantitative estimate of drug-likeness (QED) is 0.888. The molecule has 0 aromatic heterocycles. The summed E-state index contributed by atoms with van der Waals surface area (Å²) >= 11 is 0. The molecule has 0 saturated heterocycles. The molecule has 0 amide bonds. The van der Waals surface area contributed by atoms with E-state index in [1.165, 1.54) is 19.1 Å². The summed E-state index contributed by atoms with van der Waals surface area (Å²) in [4.78, 5) is 0. The highest BCUT2D eigenvalue weighted by Crippen LogP contribution is 2.44. The number of aliphatic hydroxyl groups is 1. The second kappa shape index (κ2) is 4.98. The second-order valence-corrected chi connectivity index (χ2v) is 5.41. The lowest BCUT2D eigenvalue weighted by Gasteiger charge is -2.17. The predicted molar refractivity (Wildman–Crippen MR) is 73.6 cm³/mol. The highest BCUT2D eigenvalue weighted by molar-refractivity contribution is 5.40. The van der Waals surface area contributed by atoms with E-state index in [4.69, 9.17) is 0 Å². The molecular formula is C17H16F2O. The Labute approximate surface area is 116 Å². The van der Waals surface area contributed by atoms with Gasteiger partial charge < -0.3 is 5.11 Å². The summed E-state index contributed by atoms with van der Waals surface area (Å²) in [7, 11) is 0. The molecular weight excluding hydrogens is 258 g/mol. The largest absolute Gasteiger partial charge is 0.384 e. The van der Waals surface area contributed by atoms with Gasteiger partial charge in [-0.15, -0.1) is 0 Å². The Morgan fingerprint density at radius 1 is 1.00 bits per heavy atom. The summed E-state index contributed by atoms with van der Waals surface area (Å²) in [6.45, 7) is 1.51. The van der Waals surface area contributed by atoms with Gasteiger partial charge in [-0.2, -0.15) is 0 Å². The number of halogens is 2. The van der Waals surface area contributed by atoms with E-state index in [9.17, 15) is 13.9 Å². The molecule has 0 spiro atoms. The van der Waals surface area contributed by atoms with E-state index in [2.05, 4.69) is 0 Å².